The molecule has 15 heavy (non-hydrogen) atoms. The third-order valence-corrected chi connectivity index (χ3v) is 2.96. The molecule has 1 unspecified atom stereocenters. The van der Waals surface area contributed by atoms with Gasteiger partial charge in [-0.05, 0) is 6.92 Å². The Morgan fingerprint density at radius 1 is 1.27 bits per heavy atom. The highest BCUT2D eigenvalue weighted by molar-refractivity contribution is 4.85. The fraction of sp³-hybridized carbons (Fsp3) is 1.00. The second-order valence-electron chi connectivity index (χ2n) is 4.20. The molecule has 0 saturated carbocycles. The highest BCUT2D eigenvalue weighted by Gasteiger charge is 2.40. The summed E-state index contributed by atoms with van der Waals surface area (Å²) in [7, 11) is 0. The lowest BCUT2D eigenvalue weighted by Gasteiger charge is -2.33. The van der Waals surface area contributed by atoms with Gasteiger partial charge in [0.1, 0.15) is 6.10 Å². The second kappa shape index (κ2) is 5.25. The first-order valence-electron chi connectivity index (χ1n) is 5.77. The van der Waals surface area contributed by atoms with E-state index in [0.717, 1.165) is 19.6 Å². The van der Waals surface area contributed by atoms with E-state index in [-0.39, 0.29) is 18.5 Å². The van der Waals surface area contributed by atoms with E-state index >= 15 is 0 Å². The van der Waals surface area contributed by atoms with Crippen LogP contribution in [0.4, 0.5) is 0 Å². The van der Waals surface area contributed by atoms with Gasteiger partial charge in [0.25, 0.3) is 0 Å². The van der Waals surface area contributed by atoms with E-state index in [1.807, 2.05) is 6.92 Å². The molecule has 2 rings (SSSR count). The van der Waals surface area contributed by atoms with Gasteiger partial charge in [-0.15, -0.1) is 0 Å². The molecule has 0 aromatic carbocycles. The van der Waals surface area contributed by atoms with Gasteiger partial charge < -0.3 is 18.9 Å². The molecule has 2 saturated heterocycles. The summed E-state index contributed by atoms with van der Waals surface area (Å²) in [5.74, 6) is 0.480. The Balaban J connectivity index is 1.75. The highest BCUT2D eigenvalue weighted by atomic mass is 16.7. The van der Waals surface area contributed by atoms with Crippen LogP contribution in [0.1, 0.15) is 20.3 Å². The van der Waals surface area contributed by atoms with Crippen LogP contribution in [-0.4, -0.2) is 44.9 Å². The predicted octanol–water partition coefficient (Wildman–Crippen LogP) is 1.19. The van der Waals surface area contributed by atoms with Gasteiger partial charge in [-0.25, -0.2) is 0 Å². The Labute approximate surface area is 90.8 Å². The van der Waals surface area contributed by atoms with Crippen molar-refractivity contribution >= 4 is 0 Å². The molecule has 0 aliphatic carbocycles. The molecule has 0 N–H and O–H groups in total. The van der Waals surface area contributed by atoms with Crippen LogP contribution >= 0.6 is 0 Å². The zero-order valence-electron chi connectivity index (χ0n) is 9.48. The van der Waals surface area contributed by atoms with Gasteiger partial charge in [-0.3, -0.25) is 0 Å². The van der Waals surface area contributed by atoms with E-state index < -0.39 is 0 Å². The molecule has 2 fully saturated rings. The van der Waals surface area contributed by atoms with Gasteiger partial charge in [0.15, 0.2) is 6.29 Å². The maximum Gasteiger partial charge on any atom is 0.160 e. The minimum atomic E-state index is -0.109. The SMILES string of the molecule is CCOCCC1OC[C@H]2OC[C@H](C)[C@H]2O1. The zero-order chi connectivity index (χ0) is 10.7. The lowest BCUT2D eigenvalue weighted by molar-refractivity contribution is -0.247. The summed E-state index contributed by atoms with van der Waals surface area (Å²) in [5.41, 5.74) is 0. The van der Waals surface area contributed by atoms with Crippen LogP contribution in [0.25, 0.3) is 0 Å². The summed E-state index contributed by atoms with van der Waals surface area (Å²) in [6, 6.07) is 0. The van der Waals surface area contributed by atoms with Crippen molar-refractivity contribution in [1.29, 1.82) is 0 Å². The Bertz CT molecular complexity index is 197. The molecule has 88 valence electrons. The third-order valence-electron chi connectivity index (χ3n) is 2.96. The summed E-state index contributed by atoms with van der Waals surface area (Å²) in [6.45, 7) is 7.05. The largest absolute Gasteiger partial charge is 0.382 e. The molecule has 0 spiro atoms. The van der Waals surface area contributed by atoms with Crippen molar-refractivity contribution in [2.24, 2.45) is 5.92 Å². The topological polar surface area (TPSA) is 36.9 Å². The van der Waals surface area contributed by atoms with Gasteiger partial charge in [-0.1, -0.05) is 6.92 Å². The molecule has 2 aliphatic rings. The maximum atomic E-state index is 5.84. The van der Waals surface area contributed by atoms with E-state index in [9.17, 15) is 0 Å². The summed E-state index contributed by atoms with van der Waals surface area (Å²) in [4.78, 5) is 0. The molecule has 4 nitrogen and oxygen atoms in total. The highest BCUT2D eigenvalue weighted by Crippen LogP contribution is 2.29. The second-order valence-corrected chi connectivity index (χ2v) is 4.20. The summed E-state index contributed by atoms with van der Waals surface area (Å²) < 4.78 is 22.2. The van der Waals surface area contributed by atoms with Gasteiger partial charge in [0.2, 0.25) is 0 Å². The van der Waals surface area contributed by atoms with Crippen molar-refractivity contribution in [3.8, 4) is 0 Å². The van der Waals surface area contributed by atoms with Crippen molar-refractivity contribution in [1.82, 2.24) is 0 Å². The average Bonchev–Trinajstić information content (AvgIpc) is 2.61. The Morgan fingerprint density at radius 3 is 2.93 bits per heavy atom. The van der Waals surface area contributed by atoms with E-state index in [1.54, 1.807) is 0 Å². The molecule has 4 atom stereocenters. The van der Waals surface area contributed by atoms with Crippen LogP contribution < -0.4 is 0 Å². The van der Waals surface area contributed by atoms with Crippen LogP contribution in [0.3, 0.4) is 0 Å². The lowest BCUT2D eigenvalue weighted by Crippen LogP contribution is -2.43. The third kappa shape index (κ3) is 2.69. The summed E-state index contributed by atoms with van der Waals surface area (Å²) >= 11 is 0. The summed E-state index contributed by atoms with van der Waals surface area (Å²) in [5, 5.41) is 0. The van der Waals surface area contributed by atoms with Gasteiger partial charge >= 0.3 is 0 Å². The molecular weight excluding hydrogens is 196 g/mol. The monoisotopic (exact) mass is 216 g/mol. The van der Waals surface area contributed by atoms with Crippen LogP contribution in [0.5, 0.6) is 0 Å². The lowest BCUT2D eigenvalue weighted by atomic mass is 10.0. The van der Waals surface area contributed by atoms with Crippen molar-refractivity contribution in [3.63, 3.8) is 0 Å². The number of ether oxygens (including phenoxy) is 4. The summed E-state index contributed by atoms with van der Waals surface area (Å²) in [6.07, 6.45) is 1.06. The number of hydrogen-bond acceptors (Lipinski definition) is 4. The first-order valence-corrected chi connectivity index (χ1v) is 5.77. The quantitative estimate of drug-likeness (QED) is 0.661. The van der Waals surface area contributed by atoms with Crippen LogP contribution in [0.2, 0.25) is 0 Å². The predicted molar refractivity (Wildman–Crippen MR) is 54.6 cm³/mol. The van der Waals surface area contributed by atoms with Gasteiger partial charge in [0, 0.05) is 18.9 Å². The number of rotatable bonds is 4. The van der Waals surface area contributed by atoms with Gasteiger partial charge in [-0.2, -0.15) is 0 Å². The molecule has 2 heterocycles. The molecule has 0 aromatic heterocycles. The standard InChI is InChI=1S/C11H20O4/c1-3-12-5-4-10-14-7-9-11(15-10)8(2)6-13-9/h8-11H,3-7H2,1-2H3/t8-,9+,10?,11+/m0/s1. The molecular formula is C11H20O4. The Morgan fingerprint density at radius 2 is 2.13 bits per heavy atom. The molecule has 4 heteroatoms. The van der Waals surface area contributed by atoms with E-state index in [0.29, 0.717) is 19.1 Å². The Kier molecular flexibility index (Phi) is 3.97. The molecule has 0 bridgehead atoms. The normalized spacial score (nSPS) is 40.4. The van der Waals surface area contributed by atoms with Crippen molar-refractivity contribution < 1.29 is 18.9 Å². The fourth-order valence-electron chi connectivity index (χ4n) is 2.09. The van der Waals surface area contributed by atoms with Crippen molar-refractivity contribution in [2.45, 2.75) is 38.8 Å². The molecule has 0 aromatic rings. The van der Waals surface area contributed by atoms with E-state index in [2.05, 4.69) is 6.92 Å². The fourth-order valence-corrected chi connectivity index (χ4v) is 2.09. The molecule has 0 radical (unpaired) electrons. The molecule has 2 aliphatic heterocycles. The molecule has 0 amide bonds. The smallest absolute Gasteiger partial charge is 0.160 e. The van der Waals surface area contributed by atoms with Gasteiger partial charge in [0.05, 0.1) is 25.9 Å². The van der Waals surface area contributed by atoms with Crippen LogP contribution in [0, 0.1) is 5.92 Å². The average molecular weight is 216 g/mol. The first kappa shape index (κ1) is 11.3. The minimum absolute atomic E-state index is 0.109. The van der Waals surface area contributed by atoms with E-state index in [1.165, 1.54) is 0 Å². The maximum absolute atomic E-state index is 5.84. The Hall–Kier alpha value is -0.160. The zero-order valence-corrected chi connectivity index (χ0v) is 9.48. The minimum Gasteiger partial charge on any atom is -0.382 e. The first-order chi connectivity index (χ1) is 7.31. The van der Waals surface area contributed by atoms with Crippen molar-refractivity contribution in [3.05, 3.63) is 0 Å². The number of fused-ring (bicyclic) bond motifs is 1. The van der Waals surface area contributed by atoms with Crippen LogP contribution in [-0.2, 0) is 18.9 Å². The van der Waals surface area contributed by atoms with Crippen LogP contribution in [0.15, 0.2) is 0 Å². The number of hydrogen-bond donors (Lipinski definition) is 0. The van der Waals surface area contributed by atoms with Crippen molar-refractivity contribution in [2.75, 3.05) is 26.4 Å². The van der Waals surface area contributed by atoms with E-state index in [4.69, 9.17) is 18.9 Å².